The monoisotopic (exact) mass is 273 g/mol. The van der Waals surface area contributed by atoms with Gasteiger partial charge in [0.1, 0.15) is 11.6 Å². The van der Waals surface area contributed by atoms with Crippen molar-refractivity contribution in [3.8, 4) is 5.75 Å². The number of benzene rings is 2. The van der Waals surface area contributed by atoms with E-state index >= 15 is 0 Å². The molecule has 0 aliphatic carbocycles. The van der Waals surface area contributed by atoms with Gasteiger partial charge in [-0.3, -0.25) is 0 Å². The smallest absolute Gasteiger partial charge is 0.123 e. The minimum absolute atomic E-state index is 0.192. The summed E-state index contributed by atoms with van der Waals surface area (Å²) < 4.78 is 18.4. The fourth-order valence-corrected chi connectivity index (χ4v) is 1.91. The van der Waals surface area contributed by atoms with E-state index in [1.165, 1.54) is 17.7 Å². The van der Waals surface area contributed by atoms with Crippen LogP contribution < -0.4 is 10.1 Å². The molecule has 0 radical (unpaired) electrons. The molecule has 1 N–H and O–H groups in total. The van der Waals surface area contributed by atoms with E-state index < -0.39 is 0 Å². The molecule has 2 rings (SSSR count). The molecule has 2 aromatic rings. The molecule has 0 aliphatic rings. The SMILES string of the molecule is CC(C)Oc1ccc(CNCc2ccc(F)cc2)cc1. The summed E-state index contributed by atoms with van der Waals surface area (Å²) in [4.78, 5) is 0. The highest BCUT2D eigenvalue weighted by molar-refractivity contribution is 5.27. The zero-order valence-electron chi connectivity index (χ0n) is 11.9. The number of halogens is 1. The Bertz CT molecular complexity index is 520. The lowest BCUT2D eigenvalue weighted by atomic mass is 10.2. The first kappa shape index (κ1) is 14.5. The number of rotatable bonds is 6. The lowest BCUT2D eigenvalue weighted by Crippen LogP contribution is -2.12. The molecule has 106 valence electrons. The second kappa shape index (κ2) is 7.06. The third-order valence-corrected chi connectivity index (χ3v) is 2.87. The normalized spacial score (nSPS) is 10.8. The minimum atomic E-state index is -0.200. The van der Waals surface area contributed by atoms with Gasteiger partial charge in [0.05, 0.1) is 6.10 Å². The number of nitrogens with one attached hydrogen (secondary N) is 1. The van der Waals surface area contributed by atoms with E-state index in [1.807, 2.05) is 26.0 Å². The highest BCUT2D eigenvalue weighted by Gasteiger charge is 1.99. The van der Waals surface area contributed by atoms with Crippen LogP contribution in [0.4, 0.5) is 4.39 Å². The van der Waals surface area contributed by atoms with Crippen LogP contribution in [0.5, 0.6) is 5.75 Å². The molecule has 0 atom stereocenters. The van der Waals surface area contributed by atoms with Crippen LogP contribution in [0.3, 0.4) is 0 Å². The van der Waals surface area contributed by atoms with Crippen LogP contribution in [0.1, 0.15) is 25.0 Å². The molecule has 0 aliphatic heterocycles. The van der Waals surface area contributed by atoms with E-state index in [9.17, 15) is 4.39 Å². The topological polar surface area (TPSA) is 21.3 Å². The predicted molar refractivity (Wildman–Crippen MR) is 79.1 cm³/mol. The first-order valence-corrected chi connectivity index (χ1v) is 6.84. The molecule has 0 unspecified atom stereocenters. The van der Waals surface area contributed by atoms with Gasteiger partial charge in [-0.1, -0.05) is 24.3 Å². The van der Waals surface area contributed by atoms with Crippen molar-refractivity contribution >= 4 is 0 Å². The summed E-state index contributed by atoms with van der Waals surface area (Å²) >= 11 is 0. The van der Waals surface area contributed by atoms with Gasteiger partial charge in [0.25, 0.3) is 0 Å². The molecule has 0 bridgehead atoms. The highest BCUT2D eigenvalue weighted by atomic mass is 19.1. The number of ether oxygens (including phenoxy) is 1. The molecule has 0 saturated carbocycles. The van der Waals surface area contributed by atoms with Crippen LogP contribution in [0.15, 0.2) is 48.5 Å². The van der Waals surface area contributed by atoms with Gasteiger partial charge >= 0.3 is 0 Å². The first-order chi connectivity index (χ1) is 9.63. The van der Waals surface area contributed by atoms with Gasteiger partial charge < -0.3 is 10.1 Å². The Hall–Kier alpha value is -1.87. The van der Waals surface area contributed by atoms with Gasteiger partial charge in [-0.25, -0.2) is 4.39 Å². The Balaban J connectivity index is 1.80. The molecule has 2 aromatic carbocycles. The second-order valence-corrected chi connectivity index (χ2v) is 5.04. The van der Waals surface area contributed by atoms with Crippen molar-refractivity contribution in [3.63, 3.8) is 0 Å². The van der Waals surface area contributed by atoms with Gasteiger partial charge in [0, 0.05) is 13.1 Å². The summed E-state index contributed by atoms with van der Waals surface area (Å²) in [6.45, 7) is 5.53. The molecule has 3 heteroatoms. The maximum absolute atomic E-state index is 12.8. The van der Waals surface area contributed by atoms with Gasteiger partial charge in [-0.05, 0) is 49.2 Å². The molecule has 0 aromatic heterocycles. The van der Waals surface area contributed by atoms with Crippen molar-refractivity contribution in [2.24, 2.45) is 0 Å². The Labute approximate surface area is 119 Å². The van der Waals surface area contributed by atoms with Crippen LogP contribution in [0.2, 0.25) is 0 Å². The maximum atomic E-state index is 12.8. The third kappa shape index (κ3) is 4.67. The average Bonchev–Trinajstić information content (AvgIpc) is 2.42. The summed E-state index contributed by atoms with van der Waals surface area (Å²) in [7, 11) is 0. The molecule has 0 saturated heterocycles. The van der Waals surface area contributed by atoms with Crippen LogP contribution in [-0.4, -0.2) is 6.10 Å². The van der Waals surface area contributed by atoms with Crippen molar-refractivity contribution < 1.29 is 9.13 Å². The Morgan fingerprint density at radius 2 is 1.40 bits per heavy atom. The predicted octanol–water partition coefficient (Wildman–Crippen LogP) is 3.90. The lowest BCUT2D eigenvalue weighted by molar-refractivity contribution is 0.242. The molecule has 2 nitrogen and oxygen atoms in total. The van der Waals surface area contributed by atoms with E-state index in [1.54, 1.807) is 12.1 Å². The Morgan fingerprint density at radius 3 is 1.90 bits per heavy atom. The van der Waals surface area contributed by atoms with E-state index in [0.717, 1.165) is 24.4 Å². The quantitative estimate of drug-likeness (QED) is 0.861. The van der Waals surface area contributed by atoms with Crippen molar-refractivity contribution in [1.82, 2.24) is 5.32 Å². The van der Waals surface area contributed by atoms with Gasteiger partial charge in [-0.2, -0.15) is 0 Å². The zero-order chi connectivity index (χ0) is 14.4. The van der Waals surface area contributed by atoms with Crippen LogP contribution in [0.25, 0.3) is 0 Å². The first-order valence-electron chi connectivity index (χ1n) is 6.84. The fourth-order valence-electron chi connectivity index (χ4n) is 1.91. The molecule has 0 heterocycles. The summed E-state index contributed by atoms with van der Waals surface area (Å²) in [5.74, 6) is 0.691. The van der Waals surface area contributed by atoms with E-state index in [4.69, 9.17) is 4.74 Å². The van der Waals surface area contributed by atoms with Crippen LogP contribution in [0, 0.1) is 5.82 Å². The van der Waals surface area contributed by atoms with Crippen LogP contribution in [-0.2, 0) is 13.1 Å². The molecular formula is C17H20FNO. The largest absolute Gasteiger partial charge is 0.491 e. The third-order valence-electron chi connectivity index (χ3n) is 2.87. The number of hydrogen-bond donors (Lipinski definition) is 1. The summed E-state index contributed by atoms with van der Waals surface area (Å²) in [6, 6.07) is 14.6. The highest BCUT2D eigenvalue weighted by Crippen LogP contribution is 2.13. The van der Waals surface area contributed by atoms with E-state index in [2.05, 4.69) is 17.4 Å². The standard InChI is InChI=1S/C17H20FNO/c1-13(2)20-17-9-5-15(6-10-17)12-19-11-14-3-7-16(18)8-4-14/h3-10,13,19H,11-12H2,1-2H3. The van der Waals surface area contributed by atoms with Gasteiger partial charge in [0.2, 0.25) is 0 Å². The van der Waals surface area contributed by atoms with E-state index in [-0.39, 0.29) is 11.9 Å². The Morgan fingerprint density at radius 1 is 0.900 bits per heavy atom. The molecule has 0 amide bonds. The van der Waals surface area contributed by atoms with Gasteiger partial charge in [-0.15, -0.1) is 0 Å². The molecule has 0 spiro atoms. The van der Waals surface area contributed by atoms with Crippen molar-refractivity contribution in [3.05, 3.63) is 65.5 Å². The van der Waals surface area contributed by atoms with Crippen molar-refractivity contribution in [2.75, 3.05) is 0 Å². The Kier molecular flexibility index (Phi) is 5.13. The van der Waals surface area contributed by atoms with Crippen LogP contribution >= 0.6 is 0 Å². The maximum Gasteiger partial charge on any atom is 0.123 e. The summed E-state index contributed by atoms with van der Waals surface area (Å²) in [5.41, 5.74) is 2.27. The molecule has 20 heavy (non-hydrogen) atoms. The van der Waals surface area contributed by atoms with E-state index in [0.29, 0.717) is 0 Å². The van der Waals surface area contributed by atoms with Gasteiger partial charge in [0.15, 0.2) is 0 Å². The second-order valence-electron chi connectivity index (χ2n) is 5.04. The fraction of sp³-hybridized carbons (Fsp3) is 0.294. The zero-order valence-corrected chi connectivity index (χ0v) is 11.9. The molecule has 0 fully saturated rings. The molecular weight excluding hydrogens is 253 g/mol. The number of hydrogen-bond acceptors (Lipinski definition) is 2. The summed E-state index contributed by atoms with van der Waals surface area (Å²) in [5, 5.41) is 3.33. The lowest BCUT2D eigenvalue weighted by Gasteiger charge is -2.10. The van der Waals surface area contributed by atoms with Crippen molar-refractivity contribution in [1.29, 1.82) is 0 Å². The van der Waals surface area contributed by atoms with Crippen molar-refractivity contribution in [2.45, 2.75) is 33.0 Å². The average molecular weight is 273 g/mol. The summed E-state index contributed by atoms with van der Waals surface area (Å²) in [6.07, 6.45) is 0.192. The minimum Gasteiger partial charge on any atom is -0.491 e.